The summed E-state index contributed by atoms with van der Waals surface area (Å²) < 4.78 is 5.34. The fourth-order valence-corrected chi connectivity index (χ4v) is 1.53. The number of aliphatic hydroxyl groups excluding tert-OH is 1. The van der Waals surface area contributed by atoms with Crippen LogP contribution in [0.4, 0.5) is 0 Å². The van der Waals surface area contributed by atoms with E-state index in [2.05, 4.69) is 5.32 Å². The van der Waals surface area contributed by atoms with Crippen LogP contribution >= 0.6 is 0 Å². The van der Waals surface area contributed by atoms with E-state index < -0.39 is 0 Å². The van der Waals surface area contributed by atoms with Crippen LogP contribution in [0.2, 0.25) is 0 Å². The minimum Gasteiger partial charge on any atom is -0.395 e. The van der Waals surface area contributed by atoms with Crippen LogP contribution in [0.1, 0.15) is 26.2 Å². The second kappa shape index (κ2) is 5.51. The molecule has 2 unspecified atom stereocenters. The first-order valence-corrected chi connectivity index (χ1v) is 4.77. The molecule has 2 atom stereocenters. The minimum absolute atomic E-state index is 0.216. The van der Waals surface area contributed by atoms with Crippen molar-refractivity contribution in [3.8, 4) is 0 Å². The lowest BCUT2D eigenvalue weighted by Gasteiger charge is -2.19. The van der Waals surface area contributed by atoms with Crippen LogP contribution in [0.5, 0.6) is 0 Å². The molecule has 0 saturated carbocycles. The van der Waals surface area contributed by atoms with Gasteiger partial charge in [-0.3, -0.25) is 0 Å². The van der Waals surface area contributed by atoms with E-state index in [-0.39, 0.29) is 12.6 Å². The van der Waals surface area contributed by atoms with Crippen LogP contribution in [0.25, 0.3) is 0 Å². The van der Waals surface area contributed by atoms with Gasteiger partial charge >= 0.3 is 0 Å². The van der Waals surface area contributed by atoms with Crippen LogP contribution in [0.15, 0.2) is 0 Å². The predicted molar refractivity (Wildman–Crippen MR) is 48.1 cm³/mol. The van der Waals surface area contributed by atoms with Crippen molar-refractivity contribution in [2.75, 3.05) is 19.8 Å². The first-order chi connectivity index (χ1) is 5.83. The van der Waals surface area contributed by atoms with Crippen molar-refractivity contribution >= 4 is 0 Å². The van der Waals surface area contributed by atoms with E-state index >= 15 is 0 Å². The Morgan fingerprint density at radius 3 is 3.08 bits per heavy atom. The van der Waals surface area contributed by atoms with Crippen molar-refractivity contribution in [1.82, 2.24) is 5.32 Å². The fraction of sp³-hybridized carbons (Fsp3) is 1.00. The quantitative estimate of drug-likeness (QED) is 0.654. The van der Waals surface area contributed by atoms with Crippen LogP contribution in [-0.4, -0.2) is 37.0 Å². The van der Waals surface area contributed by atoms with Crippen molar-refractivity contribution in [2.45, 2.75) is 38.3 Å². The maximum atomic E-state index is 8.84. The summed E-state index contributed by atoms with van der Waals surface area (Å²) >= 11 is 0. The van der Waals surface area contributed by atoms with E-state index in [0.717, 1.165) is 26.1 Å². The molecule has 0 aromatic rings. The molecule has 0 amide bonds. The van der Waals surface area contributed by atoms with E-state index in [1.807, 2.05) is 6.92 Å². The monoisotopic (exact) mass is 173 g/mol. The molecule has 0 spiro atoms. The number of nitrogens with one attached hydrogen (secondary N) is 1. The molecule has 1 fully saturated rings. The molecule has 1 aliphatic rings. The smallest absolute Gasteiger partial charge is 0.0582 e. The maximum Gasteiger partial charge on any atom is 0.0582 e. The lowest BCUT2D eigenvalue weighted by atomic mass is 10.1. The summed E-state index contributed by atoms with van der Waals surface area (Å²) in [6.07, 6.45) is 3.38. The molecule has 2 N–H and O–H groups in total. The van der Waals surface area contributed by atoms with Gasteiger partial charge < -0.3 is 15.2 Å². The van der Waals surface area contributed by atoms with Crippen LogP contribution in [-0.2, 0) is 4.74 Å². The molecule has 72 valence electrons. The van der Waals surface area contributed by atoms with Gasteiger partial charge in [0.05, 0.1) is 6.61 Å². The summed E-state index contributed by atoms with van der Waals surface area (Å²) in [6.45, 7) is 3.98. The number of ether oxygens (including phenoxy) is 1. The van der Waals surface area contributed by atoms with Crippen LogP contribution in [0, 0.1) is 0 Å². The summed E-state index contributed by atoms with van der Waals surface area (Å²) in [6, 6.07) is 0.753. The van der Waals surface area contributed by atoms with Gasteiger partial charge in [0.1, 0.15) is 0 Å². The third-order valence-corrected chi connectivity index (χ3v) is 2.25. The molecule has 0 aliphatic carbocycles. The molecular formula is C9H19NO2. The van der Waals surface area contributed by atoms with E-state index in [1.165, 1.54) is 6.42 Å². The number of rotatable bonds is 3. The highest BCUT2D eigenvalue weighted by Gasteiger charge is 2.13. The van der Waals surface area contributed by atoms with E-state index in [9.17, 15) is 0 Å². The molecule has 0 aromatic heterocycles. The number of hydrogen-bond donors (Lipinski definition) is 2. The van der Waals surface area contributed by atoms with Crippen LogP contribution in [0.3, 0.4) is 0 Å². The molecule has 1 saturated heterocycles. The standard InChI is InChI=1S/C9H19NO2/c1-8(7-11)10-9-3-2-5-12-6-4-9/h8-11H,2-7H2,1H3. The average Bonchev–Trinajstić information content (AvgIpc) is 2.33. The predicted octanol–water partition coefficient (Wildman–Crippen LogP) is 0.526. The highest BCUT2D eigenvalue weighted by molar-refractivity contribution is 4.72. The number of aliphatic hydroxyl groups is 1. The third kappa shape index (κ3) is 3.52. The molecule has 0 aromatic carbocycles. The van der Waals surface area contributed by atoms with Gasteiger partial charge in [0.2, 0.25) is 0 Å². The molecule has 0 bridgehead atoms. The SMILES string of the molecule is CC(CO)NC1CCCOCC1. The molecule has 1 heterocycles. The van der Waals surface area contributed by atoms with Gasteiger partial charge in [-0.2, -0.15) is 0 Å². The lowest BCUT2D eigenvalue weighted by Crippen LogP contribution is -2.38. The summed E-state index contributed by atoms with van der Waals surface area (Å²) in [5.41, 5.74) is 0. The highest BCUT2D eigenvalue weighted by atomic mass is 16.5. The average molecular weight is 173 g/mol. The van der Waals surface area contributed by atoms with Crippen molar-refractivity contribution in [1.29, 1.82) is 0 Å². The molecule has 1 rings (SSSR count). The van der Waals surface area contributed by atoms with Gasteiger partial charge in [-0.05, 0) is 26.2 Å². The van der Waals surface area contributed by atoms with Crippen molar-refractivity contribution in [3.63, 3.8) is 0 Å². The molecule has 0 radical (unpaired) electrons. The zero-order valence-corrected chi connectivity index (χ0v) is 7.75. The van der Waals surface area contributed by atoms with E-state index in [1.54, 1.807) is 0 Å². The van der Waals surface area contributed by atoms with Gasteiger partial charge in [-0.1, -0.05) is 0 Å². The fourth-order valence-electron chi connectivity index (χ4n) is 1.53. The Labute approximate surface area is 74.1 Å². The van der Waals surface area contributed by atoms with Gasteiger partial charge in [0, 0.05) is 25.3 Å². The van der Waals surface area contributed by atoms with E-state index in [0.29, 0.717) is 6.04 Å². The topological polar surface area (TPSA) is 41.5 Å². The Hall–Kier alpha value is -0.120. The highest BCUT2D eigenvalue weighted by Crippen LogP contribution is 2.08. The minimum atomic E-state index is 0.216. The van der Waals surface area contributed by atoms with Crippen molar-refractivity contribution < 1.29 is 9.84 Å². The second-order valence-electron chi connectivity index (χ2n) is 3.49. The first-order valence-electron chi connectivity index (χ1n) is 4.77. The molecular weight excluding hydrogens is 154 g/mol. The lowest BCUT2D eigenvalue weighted by molar-refractivity contribution is 0.141. The summed E-state index contributed by atoms with van der Waals surface area (Å²) in [5, 5.41) is 12.2. The molecule has 3 heteroatoms. The Balaban J connectivity index is 2.20. The second-order valence-corrected chi connectivity index (χ2v) is 3.49. The Morgan fingerprint density at radius 1 is 1.50 bits per heavy atom. The van der Waals surface area contributed by atoms with Gasteiger partial charge in [0.15, 0.2) is 0 Å². The summed E-state index contributed by atoms with van der Waals surface area (Å²) in [5.74, 6) is 0. The van der Waals surface area contributed by atoms with E-state index in [4.69, 9.17) is 9.84 Å². The Bertz CT molecular complexity index is 111. The van der Waals surface area contributed by atoms with Crippen LogP contribution < -0.4 is 5.32 Å². The first kappa shape index (κ1) is 9.96. The zero-order chi connectivity index (χ0) is 8.81. The maximum absolute atomic E-state index is 8.84. The normalized spacial score (nSPS) is 28.0. The van der Waals surface area contributed by atoms with Gasteiger partial charge in [0.25, 0.3) is 0 Å². The van der Waals surface area contributed by atoms with Crippen molar-refractivity contribution in [2.24, 2.45) is 0 Å². The molecule has 1 aliphatic heterocycles. The molecule has 12 heavy (non-hydrogen) atoms. The third-order valence-electron chi connectivity index (χ3n) is 2.25. The summed E-state index contributed by atoms with van der Waals surface area (Å²) in [4.78, 5) is 0. The van der Waals surface area contributed by atoms with Gasteiger partial charge in [-0.25, -0.2) is 0 Å². The zero-order valence-electron chi connectivity index (χ0n) is 7.75. The largest absolute Gasteiger partial charge is 0.395 e. The van der Waals surface area contributed by atoms with Gasteiger partial charge in [-0.15, -0.1) is 0 Å². The summed E-state index contributed by atoms with van der Waals surface area (Å²) in [7, 11) is 0. The number of hydrogen-bond acceptors (Lipinski definition) is 3. The Morgan fingerprint density at radius 2 is 2.33 bits per heavy atom. The van der Waals surface area contributed by atoms with Crippen molar-refractivity contribution in [3.05, 3.63) is 0 Å². The Kier molecular flexibility index (Phi) is 4.58. The molecule has 3 nitrogen and oxygen atoms in total.